The van der Waals surface area contributed by atoms with Crippen LogP contribution in [0.4, 0.5) is 0 Å². The molecule has 36 heavy (non-hydrogen) atoms. The lowest BCUT2D eigenvalue weighted by molar-refractivity contribution is -0.881. The number of nitrogens with zero attached hydrogens (tertiary/aromatic N) is 2. The summed E-state index contributed by atoms with van der Waals surface area (Å²) in [5.41, 5.74) is 19.6. The number of primary amides is 1. The highest BCUT2D eigenvalue weighted by Gasteiger charge is 2.51. The molecular weight excluding hydrogens is 450 g/mol. The van der Waals surface area contributed by atoms with E-state index in [0.717, 1.165) is 16.7 Å². The van der Waals surface area contributed by atoms with Crippen LogP contribution < -0.4 is 17.2 Å². The van der Waals surface area contributed by atoms with Crippen molar-refractivity contribution in [3.63, 3.8) is 0 Å². The molecule has 0 fully saturated rings. The van der Waals surface area contributed by atoms with E-state index in [0.29, 0.717) is 19.4 Å². The largest absolute Gasteiger partial charge is 0.370 e. The van der Waals surface area contributed by atoms with Gasteiger partial charge in [0.15, 0.2) is 12.0 Å². The summed E-state index contributed by atoms with van der Waals surface area (Å²) >= 11 is 0. The van der Waals surface area contributed by atoms with Gasteiger partial charge in [0.2, 0.25) is 0 Å². The van der Waals surface area contributed by atoms with Gasteiger partial charge >= 0.3 is 5.91 Å². The van der Waals surface area contributed by atoms with Gasteiger partial charge in [0, 0.05) is 18.5 Å². The number of carbonyl (C=O) groups excluding carboxylic acids is 2. The van der Waals surface area contributed by atoms with Crippen molar-refractivity contribution >= 4 is 17.8 Å². The fourth-order valence-corrected chi connectivity index (χ4v) is 4.87. The van der Waals surface area contributed by atoms with Gasteiger partial charge in [0.25, 0.3) is 5.91 Å². The van der Waals surface area contributed by atoms with Gasteiger partial charge in [-0.1, -0.05) is 91.0 Å². The first-order chi connectivity index (χ1) is 17.3. The van der Waals surface area contributed by atoms with E-state index < -0.39 is 17.9 Å². The molecule has 2 amide bonds. The third-order valence-electron chi connectivity index (χ3n) is 6.98. The Bertz CT molecular complexity index is 1120. The van der Waals surface area contributed by atoms with Gasteiger partial charge in [0.1, 0.15) is 12.0 Å². The molecule has 7 nitrogen and oxygen atoms in total. The van der Waals surface area contributed by atoms with Gasteiger partial charge < -0.3 is 17.2 Å². The average molecular weight is 487 g/mol. The zero-order valence-electron chi connectivity index (χ0n) is 21.0. The highest BCUT2D eigenvalue weighted by Crippen LogP contribution is 2.38. The number of carbonyl (C=O) groups is 2. The molecule has 3 rings (SSSR count). The SMILES string of the molecule is CC(c1ccccc1)[N@@+](C)(C(=O)C(c1ccccc1)c1ccccc1)[C@@H](CCCN=C(N)N)C(N)=O. The predicted octanol–water partition coefficient (Wildman–Crippen LogP) is 3.46. The normalized spacial score (nSPS) is 14.4. The summed E-state index contributed by atoms with van der Waals surface area (Å²) in [5.74, 6) is -1.22. The Labute approximate surface area is 213 Å². The zero-order chi connectivity index (χ0) is 26.1. The fraction of sp³-hybridized carbons (Fsp3) is 0.276. The molecule has 0 spiro atoms. The summed E-state index contributed by atoms with van der Waals surface area (Å²) in [6.45, 7) is 2.33. The monoisotopic (exact) mass is 486 g/mol. The summed E-state index contributed by atoms with van der Waals surface area (Å²) in [4.78, 5) is 31.8. The van der Waals surface area contributed by atoms with E-state index in [1.165, 1.54) is 0 Å². The number of guanidine groups is 1. The molecule has 0 saturated carbocycles. The molecule has 0 radical (unpaired) electrons. The second-order valence-corrected chi connectivity index (χ2v) is 9.19. The lowest BCUT2D eigenvalue weighted by Crippen LogP contribution is -2.63. The minimum atomic E-state index is -0.781. The summed E-state index contributed by atoms with van der Waals surface area (Å²) in [7, 11) is 1.83. The van der Waals surface area contributed by atoms with Gasteiger partial charge in [-0.2, -0.15) is 0 Å². The molecular formula is C29H36N5O2+. The van der Waals surface area contributed by atoms with Gasteiger partial charge in [-0.05, 0) is 24.5 Å². The lowest BCUT2D eigenvalue weighted by Gasteiger charge is -2.44. The van der Waals surface area contributed by atoms with Crippen LogP contribution in [0.1, 0.15) is 48.4 Å². The molecule has 7 heteroatoms. The first-order valence-electron chi connectivity index (χ1n) is 12.2. The second kappa shape index (κ2) is 12.1. The third kappa shape index (κ3) is 5.98. The maximum atomic E-state index is 14.8. The van der Waals surface area contributed by atoms with Crippen LogP contribution in [0.3, 0.4) is 0 Å². The Morgan fingerprint density at radius 1 is 0.778 bits per heavy atom. The van der Waals surface area contributed by atoms with Gasteiger partial charge in [-0.15, -0.1) is 0 Å². The van der Waals surface area contributed by atoms with Crippen LogP contribution in [0.2, 0.25) is 0 Å². The molecule has 0 heterocycles. The first kappa shape index (κ1) is 26.6. The average Bonchev–Trinajstić information content (AvgIpc) is 2.89. The Hall–Kier alpha value is -3.97. The van der Waals surface area contributed by atoms with Crippen LogP contribution in [-0.4, -0.2) is 41.9 Å². The van der Waals surface area contributed by atoms with Crippen LogP contribution in [0.5, 0.6) is 0 Å². The fourth-order valence-electron chi connectivity index (χ4n) is 4.87. The molecule has 0 aliphatic rings. The predicted molar refractivity (Wildman–Crippen MR) is 144 cm³/mol. The van der Waals surface area contributed by atoms with Crippen molar-refractivity contribution in [3.8, 4) is 0 Å². The molecule has 188 valence electrons. The van der Waals surface area contributed by atoms with Gasteiger partial charge in [-0.25, -0.2) is 9.28 Å². The van der Waals surface area contributed by atoms with Gasteiger partial charge in [-0.3, -0.25) is 9.79 Å². The minimum Gasteiger partial charge on any atom is -0.370 e. The molecule has 6 N–H and O–H groups in total. The molecule has 0 aliphatic heterocycles. The molecule has 3 aromatic carbocycles. The summed E-state index contributed by atoms with van der Waals surface area (Å²) in [5, 5.41) is 0. The maximum Gasteiger partial charge on any atom is 0.326 e. The van der Waals surface area contributed by atoms with E-state index >= 15 is 0 Å². The van der Waals surface area contributed by atoms with E-state index in [-0.39, 0.29) is 22.4 Å². The quantitative estimate of drug-likeness (QED) is 0.166. The van der Waals surface area contributed by atoms with E-state index in [1.54, 1.807) is 0 Å². The summed E-state index contributed by atoms with van der Waals surface area (Å²) < 4.78 is -0.185. The molecule has 0 saturated heterocycles. The van der Waals surface area contributed by atoms with Crippen molar-refractivity contribution in [3.05, 3.63) is 108 Å². The topological polar surface area (TPSA) is 125 Å². The number of aliphatic imine (C=N–C) groups is 1. The standard InChI is InChI=1S/C29H35N5O2/c1-21(22-13-6-3-7-14-22)34(2,25(27(30)35)19-12-20-33-29(31)32)28(36)26(23-15-8-4-9-16-23)24-17-10-5-11-18-24/h3-11,13-18,21,25-26H,12,19-20H2,1-2H3,(H5-,30,31,32,33,35)/p+1/t21?,25-,34+/m0/s1. The molecule has 0 aromatic heterocycles. The summed E-state index contributed by atoms with van der Waals surface area (Å²) in [6, 6.07) is 28.0. The van der Waals surface area contributed by atoms with Crippen molar-refractivity contribution < 1.29 is 14.1 Å². The van der Waals surface area contributed by atoms with Crippen molar-refractivity contribution in [2.45, 2.75) is 37.8 Å². The number of hydrogen-bond donors (Lipinski definition) is 3. The van der Waals surface area contributed by atoms with E-state index in [4.69, 9.17) is 17.2 Å². The van der Waals surface area contributed by atoms with Crippen LogP contribution in [0.15, 0.2) is 96.0 Å². The van der Waals surface area contributed by atoms with Crippen LogP contribution >= 0.6 is 0 Å². The Morgan fingerprint density at radius 2 is 1.22 bits per heavy atom. The number of nitrogens with two attached hydrogens (primary N) is 3. The Morgan fingerprint density at radius 3 is 1.64 bits per heavy atom. The van der Waals surface area contributed by atoms with E-state index in [2.05, 4.69) is 4.99 Å². The number of benzene rings is 3. The molecule has 1 unspecified atom stereocenters. The van der Waals surface area contributed by atoms with Crippen molar-refractivity contribution in [2.24, 2.45) is 22.2 Å². The number of quaternary nitrogens is 1. The van der Waals surface area contributed by atoms with Crippen LogP contribution in [0, 0.1) is 0 Å². The van der Waals surface area contributed by atoms with Crippen LogP contribution in [0.25, 0.3) is 0 Å². The second-order valence-electron chi connectivity index (χ2n) is 9.19. The molecule has 0 aliphatic carbocycles. The van der Waals surface area contributed by atoms with Crippen molar-refractivity contribution in [2.75, 3.05) is 13.6 Å². The number of hydrogen-bond acceptors (Lipinski definition) is 3. The molecule has 3 atom stereocenters. The zero-order valence-corrected chi connectivity index (χ0v) is 21.0. The number of rotatable bonds is 11. The maximum absolute atomic E-state index is 14.8. The minimum absolute atomic E-state index is 0.00942. The van der Waals surface area contributed by atoms with Gasteiger partial charge in [0.05, 0.1) is 7.05 Å². The highest BCUT2D eigenvalue weighted by molar-refractivity contribution is 5.86. The number of likely N-dealkylation sites (N-methyl/N-ethyl adjacent to an activating group) is 1. The number of amides is 2. The third-order valence-corrected chi connectivity index (χ3v) is 6.98. The lowest BCUT2D eigenvalue weighted by atomic mass is 9.86. The summed E-state index contributed by atoms with van der Waals surface area (Å²) in [6.07, 6.45) is 0.872. The van der Waals surface area contributed by atoms with Crippen LogP contribution in [-0.2, 0) is 9.59 Å². The van der Waals surface area contributed by atoms with Crippen molar-refractivity contribution in [1.82, 2.24) is 0 Å². The van der Waals surface area contributed by atoms with Crippen molar-refractivity contribution in [1.29, 1.82) is 0 Å². The molecule has 0 bridgehead atoms. The molecule has 3 aromatic rings. The smallest absolute Gasteiger partial charge is 0.326 e. The van der Waals surface area contributed by atoms with E-state index in [1.807, 2.05) is 105 Å². The van der Waals surface area contributed by atoms with E-state index in [9.17, 15) is 9.59 Å². The highest BCUT2D eigenvalue weighted by atomic mass is 16.2. The first-order valence-corrected chi connectivity index (χ1v) is 12.2. The Balaban J connectivity index is 2.15. The Kier molecular flexibility index (Phi) is 8.97.